The molecule has 0 radical (unpaired) electrons. The van der Waals surface area contributed by atoms with Crippen LogP contribution in [0.4, 0.5) is 15.8 Å². The zero-order valence-corrected chi connectivity index (χ0v) is 13.3. The molecule has 3 rings (SSSR count). The van der Waals surface area contributed by atoms with E-state index in [0.717, 1.165) is 25.2 Å². The average molecular weight is 317 g/mol. The fourth-order valence-corrected chi connectivity index (χ4v) is 2.93. The molecular formula is C16H20FN5O. The van der Waals surface area contributed by atoms with Crippen molar-refractivity contribution in [3.05, 3.63) is 36.7 Å². The number of carbonyl (C=O) groups excluding carboxylic acids is 1. The van der Waals surface area contributed by atoms with Gasteiger partial charge in [0, 0.05) is 19.6 Å². The predicted molar refractivity (Wildman–Crippen MR) is 86.0 cm³/mol. The number of hydrogen-bond donors (Lipinski definition) is 0. The van der Waals surface area contributed by atoms with E-state index in [4.69, 9.17) is 0 Å². The van der Waals surface area contributed by atoms with Gasteiger partial charge in [0.05, 0.1) is 11.4 Å². The van der Waals surface area contributed by atoms with Crippen LogP contribution in [0, 0.1) is 5.82 Å². The van der Waals surface area contributed by atoms with Crippen molar-refractivity contribution in [2.24, 2.45) is 0 Å². The second-order valence-electron chi connectivity index (χ2n) is 5.66. The number of amides is 1. The molecule has 0 bridgehead atoms. The molecular weight excluding hydrogens is 297 g/mol. The Kier molecular flexibility index (Phi) is 4.27. The molecule has 1 aliphatic rings. The van der Waals surface area contributed by atoms with Crippen molar-refractivity contribution in [3.63, 3.8) is 0 Å². The highest BCUT2D eigenvalue weighted by Crippen LogP contribution is 2.35. The summed E-state index contributed by atoms with van der Waals surface area (Å²) < 4.78 is 15.2. The van der Waals surface area contributed by atoms with Gasteiger partial charge < -0.3 is 9.80 Å². The minimum atomic E-state index is -0.480. The normalized spacial score (nSPS) is 15.4. The van der Waals surface area contributed by atoms with Gasteiger partial charge in [0.1, 0.15) is 24.5 Å². The molecule has 0 fully saturated rings. The van der Waals surface area contributed by atoms with Gasteiger partial charge in [-0.25, -0.2) is 14.1 Å². The monoisotopic (exact) mass is 317 g/mol. The Labute approximate surface area is 134 Å². The van der Waals surface area contributed by atoms with Crippen LogP contribution in [-0.2, 0) is 4.79 Å². The number of benzene rings is 1. The Morgan fingerprint density at radius 3 is 2.87 bits per heavy atom. The molecule has 1 amide bonds. The molecule has 0 aliphatic carbocycles. The van der Waals surface area contributed by atoms with E-state index in [2.05, 4.69) is 21.9 Å². The van der Waals surface area contributed by atoms with Gasteiger partial charge in [0.15, 0.2) is 0 Å². The predicted octanol–water partition coefficient (Wildman–Crippen LogP) is 2.24. The van der Waals surface area contributed by atoms with Crippen molar-refractivity contribution in [1.29, 1.82) is 0 Å². The molecule has 0 unspecified atom stereocenters. The maximum absolute atomic E-state index is 13.7. The molecule has 1 aliphatic heterocycles. The Morgan fingerprint density at radius 2 is 2.17 bits per heavy atom. The molecule has 1 aromatic heterocycles. The minimum absolute atomic E-state index is 0.113. The number of fused-ring (bicyclic) bond motifs is 1. The van der Waals surface area contributed by atoms with Crippen molar-refractivity contribution in [2.75, 3.05) is 29.4 Å². The fourth-order valence-electron chi connectivity index (χ4n) is 2.93. The number of carbonyl (C=O) groups is 1. The number of nitrogens with zero attached hydrogens (tertiary/aromatic N) is 5. The molecule has 2 aromatic rings. The summed E-state index contributed by atoms with van der Waals surface area (Å²) in [6, 6.07) is 4.14. The standard InChI is InChI=1S/C16H20FN5O/c1-3-6-20-7-8-21(15-9-13(17)4-5-14(15)20)16(23)12(2)22-11-18-10-19-22/h4-5,9-12H,3,6-8H2,1-2H3/t12-/m1/s1. The van der Waals surface area contributed by atoms with E-state index in [0.29, 0.717) is 12.2 Å². The highest BCUT2D eigenvalue weighted by molar-refractivity contribution is 5.99. The smallest absolute Gasteiger partial charge is 0.251 e. The lowest BCUT2D eigenvalue weighted by Crippen LogP contribution is -2.46. The summed E-state index contributed by atoms with van der Waals surface area (Å²) in [4.78, 5) is 20.6. The second-order valence-corrected chi connectivity index (χ2v) is 5.66. The summed E-state index contributed by atoms with van der Waals surface area (Å²) in [5.74, 6) is -0.452. The molecule has 0 saturated heterocycles. The average Bonchev–Trinajstić information content (AvgIpc) is 3.08. The number of hydrogen-bond acceptors (Lipinski definition) is 4. The van der Waals surface area contributed by atoms with Crippen molar-refractivity contribution < 1.29 is 9.18 Å². The summed E-state index contributed by atoms with van der Waals surface area (Å²) in [7, 11) is 0. The van der Waals surface area contributed by atoms with Crippen LogP contribution >= 0.6 is 0 Å². The summed E-state index contributed by atoms with van der Waals surface area (Å²) in [5.41, 5.74) is 1.53. The van der Waals surface area contributed by atoms with Crippen LogP contribution in [0.2, 0.25) is 0 Å². The molecule has 23 heavy (non-hydrogen) atoms. The highest BCUT2D eigenvalue weighted by atomic mass is 19.1. The van der Waals surface area contributed by atoms with E-state index < -0.39 is 6.04 Å². The number of anilines is 2. The first-order chi connectivity index (χ1) is 11.1. The third kappa shape index (κ3) is 2.91. The first kappa shape index (κ1) is 15.5. The van der Waals surface area contributed by atoms with Crippen molar-refractivity contribution in [1.82, 2.24) is 14.8 Å². The van der Waals surface area contributed by atoms with Crippen LogP contribution in [0.25, 0.3) is 0 Å². The summed E-state index contributed by atoms with van der Waals surface area (Å²) in [6.07, 6.45) is 3.92. The first-order valence-corrected chi connectivity index (χ1v) is 7.81. The topological polar surface area (TPSA) is 54.3 Å². The quantitative estimate of drug-likeness (QED) is 0.868. The van der Waals surface area contributed by atoms with Crippen LogP contribution in [0.5, 0.6) is 0 Å². The van der Waals surface area contributed by atoms with Gasteiger partial charge in [0.2, 0.25) is 0 Å². The minimum Gasteiger partial charge on any atom is -0.368 e. The van der Waals surface area contributed by atoms with Gasteiger partial charge in [-0.3, -0.25) is 4.79 Å². The van der Waals surface area contributed by atoms with Crippen LogP contribution in [0.15, 0.2) is 30.9 Å². The molecule has 1 aromatic carbocycles. The largest absolute Gasteiger partial charge is 0.368 e. The van der Waals surface area contributed by atoms with Crippen molar-refractivity contribution >= 4 is 17.3 Å². The van der Waals surface area contributed by atoms with Gasteiger partial charge in [-0.2, -0.15) is 5.10 Å². The van der Waals surface area contributed by atoms with E-state index in [1.807, 2.05) is 0 Å². The Morgan fingerprint density at radius 1 is 1.35 bits per heavy atom. The lowest BCUT2D eigenvalue weighted by Gasteiger charge is -2.38. The van der Waals surface area contributed by atoms with E-state index >= 15 is 0 Å². The molecule has 122 valence electrons. The maximum Gasteiger partial charge on any atom is 0.251 e. The van der Waals surface area contributed by atoms with Gasteiger partial charge in [-0.15, -0.1) is 0 Å². The third-order valence-corrected chi connectivity index (χ3v) is 4.11. The summed E-state index contributed by atoms with van der Waals surface area (Å²) in [6.45, 7) is 6.04. The van der Waals surface area contributed by atoms with Crippen LogP contribution < -0.4 is 9.80 Å². The van der Waals surface area contributed by atoms with E-state index in [1.54, 1.807) is 17.9 Å². The van der Waals surface area contributed by atoms with E-state index in [1.165, 1.54) is 29.5 Å². The Balaban J connectivity index is 1.93. The number of aromatic nitrogens is 3. The van der Waals surface area contributed by atoms with Crippen LogP contribution in [0.3, 0.4) is 0 Å². The maximum atomic E-state index is 13.7. The molecule has 7 heteroatoms. The van der Waals surface area contributed by atoms with Crippen molar-refractivity contribution in [2.45, 2.75) is 26.3 Å². The lowest BCUT2D eigenvalue weighted by atomic mass is 10.1. The first-order valence-electron chi connectivity index (χ1n) is 7.81. The van der Waals surface area contributed by atoms with E-state index in [-0.39, 0.29) is 11.7 Å². The van der Waals surface area contributed by atoms with E-state index in [9.17, 15) is 9.18 Å². The number of rotatable bonds is 4. The molecule has 2 heterocycles. The van der Waals surface area contributed by atoms with Gasteiger partial charge in [0.25, 0.3) is 5.91 Å². The fraction of sp³-hybridized carbons (Fsp3) is 0.438. The summed E-state index contributed by atoms with van der Waals surface area (Å²) >= 11 is 0. The SMILES string of the molecule is CCCN1CCN(C(=O)[C@@H](C)n2cncn2)c2cc(F)ccc21. The van der Waals surface area contributed by atoms with Gasteiger partial charge in [-0.05, 0) is 31.5 Å². The molecule has 1 atom stereocenters. The van der Waals surface area contributed by atoms with Crippen LogP contribution in [0.1, 0.15) is 26.3 Å². The Hall–Kier alpha value is -2.44. The number of halogens is 1. The third-order valence-electron chi connectivity index (χ3n) is 4.11. The Bertz CT molecular complexity index is 688. The van der Waals surface area contributed by atoms with Gasteiger partial charge >= 0.3 is 0 Å². The van der Waals surface area contributed by atoms with Crippen molar-refractivity contribution in [3.8, 4) is 0 Å². The van der Waals surface area contributed by atoms with Crippen LogP contribution in [-0.4, -0.2) is 40.3 Å². The second kappa shape index (κ2) is 6.36. The molecule has 0 N–H and O–H groups in total. The zero-order valence-electron chi connectivity index (χ0n) is 13.3. The zero-order chi connectivity index (χ0) is 16.4. The molecule has 0 saturated carbocycles. The van der Waals surface area contributed by atoms with Gasteiger partial charge in [-0.1, -0.05) is 6.92 Å². The summed E-state index contributed by atoms with van der Waals surface area (Å²) in [5, 5.41) is 4.02. The lowest BCUT2D eigenvalue weighted by molar-refractivity contribution is -0.121. The molecule has 0 spiro atoms. The highest BCUT2D eigenvalue weighted by Gasteiger charge is 2.30. The molecule has 6 nitrogen and oxygen atoms in total.